The van der Waals surface area contributed by atoms with Crippen LogP contribution in [0, 0.1) is 7.40 Å². The molecule has 1 heterocycles. The van der Waals surface area contributed by atoms with Crippen molar-refractivity contribution in [1.29, 1.82) is 0 Å². The van der Waals surface area contributed by atoms with Crippen LogP contribution in [0.1, 0.15) is 6.42 Å². The first-order valence-electron chi connectivity index (χ1n) is 4.32. The summed E-state index contributed by atoms with van der Waals surface area (Å²) in [4.78, 5) is 14.9. The summed E-state index contributed by atoms with van der Waals surface area (Å²) in [7, 11) is 1.65. The fraction of sp³-hybridized carbons (Fsp3) is 0.500. The zero-order chi connectivity index (χ0) is 11.4. The number of hydrogen-bond donors (Lipinski definition) is 2. The van der Waals surface area contributed by atoms with Crippen LogP contribution in [0.2, 0.25) is 0 Å². The van der Waals surface area contributed by atoms with E-state index in [0.717, 1.165) is 7.40 Å². The number of carboxylic acids is 1. The molecule has 84 valence electrons. The normalized spacial score (nSPS) is 12.7. The lowest BCUT2D eigenvalue weighted by Gasteiger charge is -2.11. The predicted molar refractivity (Wildman–Crippen MR) is 72.8 cm³/mol. The molecule has 7 heteroatoms. The first kappa shape index (κ1) is 13.2. The van der Waals surface area contributed by atoms with Crippen LogP contribution in [0.3, 0.4) is 0 Å². The van der Waals surface area contributed by atoms with Crippen molar-refractivity contribution in [3.05, 3.63) is 13.7 Å². The number of likely N-dealkylation sites (N-methyl/N-ethyl adjacent to an activating group) is 1. The Morgan fingerprint density at radius 1 is 1.73 bits per heavy atom. The maximum absolute atomic E-state index is 10.8. The van der Waals surface area contributed by atoms with Gasteiger partial charge in [0.1, 0.15) is 13.4 Å². The lowest BCUT2D eigenvalue weighted by molar-refractivity contribution is -0.139. The van der Waals surface area contributed by atoms with Gasteiger partial charge in [-0.15, -0.1) is 0 Å². The van der Waals surface area contributed by atoms with Crippen molar-refractivity contribution < 1.29 is 9.90 Å². The molecule has 0 amide bonds. The number of carbonyl (C=O) groups is 1. The maximum atomic E-state index is 10.8. The third-order valence-corrected chi connectivity index (χ3v) is 4.99. The van der Waals surface area contributed by atoms with Gasteiger partial charge in [0.25, 0.3) is 0 Å². The Kier molecular flexibility index (Phi) is 5.26. The Morgan fingerprint density at radius 2 is 2.40 bits per heavy atom. The molecule has 0 bridgehead atoms. The number of rotatable bonds is 5. The molecule has 1 rings (SSSR count). The largest absolute Gasteiger partial charge is 0.480 e. The molecule has 1 unspecified atom stereocenters. The molecule has 0 aliphatic carbocycles. The van der Waals surface area contributed by atoms with Gasteiger partial charge in [0.2, 0.25) is 0 Å². The third kappa shape index (κ3) is 3.55. The van der Waals surface area contributed by atoms with Crippen molar-refractivity contribution in [2.24, 2.45) is 0 Å². The standard InChI is InChI=1S/C8H11I2N3O2/c1-11-5(8(14)15)2-3-13-4-12-6(9)7(13)10/h4-5,11H,2-3H2,1H3,(H,14,15). The smallest absolute Gasteiger partial charge is 0.320 e. The van der Waals surface area contributed by atoms with E-state index in [1.165, 1.54) is 0 Å². The molecule has 0 saturated carbocycles. The van der Waals surface area contributed by atoms with Crippen LogP contribution in [0.4, 0.5) is 0 Å². The Hall–Kier alpha value is 0.1000. The Balaban J connectivity index is 2.56. The Labute approximate surface area is 115 Å². The van der Waals surface area contributed by atoms with Crippen LogP contribution in [0.15, 0.2) is 6.33 Å². The highest BCUT2D eigenvalue weighted by molar-refractivity contribution is 14.1. The highest BCUT2D eigenvalue weighted by Crippen LogP contribution is 2.13. The highest BCUT2D eigenvalue weighted by Gasteiger charge is 2.15. The molecule has 1 aromatic heterocycles. The van der Waals surface area contributed by atoms with Crippen LogP contribution < -0.4 is 5.32 Å². The van der Waals surface area contributed by atoms with Gasteiger partial charge in [-0.3, -0.25) is 4.79 Å². The summed E-state index contributed by atoms with van der Waals surface area (Å²) in [5.41, 5.74) is 0. The first-order valence-corrected chi connectivity index (χ1v) is 6.48. The monoisotopic (exact) mass is 435 g/mol. The quantitative estimate of drug-likeness (QED) is 0.682. The zero-order valence-electron chi connectivity index (χ0n) is 8.07. The lowest BCUT2D eigenvalue weighted by Crippen LogP contribution is -2.34. The molecule has 0 radical (unpaired) electrons. The van der Waals surface area contributed by atoms with Gasteiger partial charge in [-0.25, -0.2) is 4.98 Å². The van der Waals surface area contributed by atoms with Crippen LogP contribution in [-0.4, -0.2) is 33.7 Å². The van der Waals surface area contributed by atoms with E-state index in [-0.39, 0.29) is 0 Å². The topological polar surface area (TPSA) is 67.2 Å². The van der Waals surface area contributed by atoms with Crippen molar-refractivity contribution in [2.45, 2.75) is 19.0 Å². The summed E-state index contributed by atoms with van der Waals surface area (Å²) >= 11 is 4.35. The number of imidazole rings is 1. The number of nitrogens with zero attached hydrogens (tertiary/aromatic N) is 2. The van der Waals surface area contributed by atoms with Crippen LogP contribution in [0.25, 0.3) is 0 Å². The third-order valence-electron chi connectivity index (χ3n) is 2.04. The van der Waals surface area contributed by atoms with E-state index >= 15 is 0 Å². The van der Waals surface area contributed by atoms with Gasteiger partial charge >= 0.3 is 5.97 Å². The molecular formula is C8H11I2N3O2. The molecule has 0 saturated heterocycles. The van der Waals surface area contributed by atoms with Gasteiger partial charge < -0.3 is 15.0 Å². The number of nitrogens with one attached hydrogen (secondary N) is 1. The zero-order valence-corrected chi connectivity index (χ0v) is 12.4. The summed E-state index contributed by atoms with van der Waals surface area (Å²) in [6.45, 7) is 0.659. The second-order valence-corrected chi connectivity index (χ2v) is 5.03. The second-order valence-electron chi connectivity index (χ2n) is 2.99. The predicted octanol–water partition coefficient (Wildman–Crippen LogP) is 1.15. The Bertz CT molecular complexity index is 354. The Morgan fingerprint density at radius 3 is 2.80 bits per heavy atom. The molecule has 1 atom stereocenters. The number of aliphatic carboxylic acids is 1. The van der Waals surface area contributed by atoms with E-state index < -0.39 is 12.0 Å². The van der Waals surface area contributed by atoms with E-state index in [1.54, 1.807) is 13.4 Å². The van der Waals surface area contributed by atoms with Gasteiger partial charge in [-0.2, -0.15) is 0 Å². The molecule has 0 spiro atoms. The molecular weight excluding hydrogens is 424 g/mol. The van der Waals surface area contributed by atoms with Gasteiger partial charge in [0, 0.05) is 6.54 Å². The first-order chi connectivity index (χ1) is 7.06. The van der Waals surface area contributed by atoms with Crippen molar-refractivity contribution in [3.8, 4) is 0 Å². The summed E-state index contributed by atoms with van der Waals surface area (Å²) < 4.78 is 3.95. The molecule has 0 aromatic carbocycles. The van der Waals surface area contributed by atoms with E-state index in [4.69, 9.17) is 5.11 Å². The summed E-state index contributed by atoms with van der Waals surface area (Å²) in [6.07, 6.45) is 2.28. The summed E-state index contributed by atoms with van der Waals surface area (Å²) in [5.74, 6) is -0.817. The molecule has 0 aliphatic rings. The van der Waals surface area contributed by atoms with Crippen molar-refractivity contribution in [3.63, 3.8) is 0 Å². The van der Waals surface area contributed by atoms with Gasteiger partial charge in [-0.1, -0.05) is 0 Å². The van der Waals surface area contributed by atoms with E-state index in [1.807, 2.05) is 4.57 Å². The van der Waals surface area contributed by atoms with E-state index in [0.29, 0.717) is 13.0 Å². The fourth-order valence-corrected chi connectivity index (χ4v) is 2.10. The van der Waals surface area contributed by atoms with E-state index in [9.17, 15) is 4.79 Å². The summed E-state index contributed by atoms with van der Waals surface area (Å²) in [5, 5.41) is 11.6. The van der Waals surface area contributed by atoms with Crippen molar-refractivity contribution >= 4 is 51.2 Å². The van der Waals surface area contributed by atoms with Crippen molar-refractivity contribution in [1.82, 2.24) is 14.9 Å². The average molecular weight is 435 g/mol. The van der Waals surface area contributed by atoms with E-state index in [2.05, 4.69) is 55.5 Å². The number of carboxylic acid groups (broad SMARTS) is 1. The SMILES string of the molecule is CNC(CCn1cnc(I)c1I)C(=O)O. The van der Waals surface area contributed by atoms with Gasteiger partial charge in [-0.05, 0) is 58.7 Å². The fourth-order valence-electron chi connectivity index (χ4n) is 1.16. The maximum Gasteiger partial charge on any atom is 0.320 e. The molecule has 0 aliphatic heterocycles. The molecule has 0 fully saturated rings. The highest BCUT2D eigenvalue weighted by atomic mass is 127. The van der Waals surface area contributed by atoms with Crippen LogP contribution in [0.5, 0.6) is 0 Å². The number of aryl methyl sites for hydroxylation is 1. The average Bonchev–Trinajstić information content (AvgIpc) is 2.49. The second kappa shape index (κ2) is 5.99. The minimum atomic E-state index is -0.817. The minimum Gasteiger partial charge on any atom is -0.480 e. The number of aromatic nitrogens is 2. The number of hydrogen-bond acceptors (Lipinski definition) is 3. The van der Waals surface area contributed by atoms with Crippen molar-refractivity contribution in [2.75, 3.05) is 7.05 Å². The molecule has 15 heavy (non-hydrogen) atoms. The summed E-state index contributed by atoms with van der Waals surface area (Å²) in [6, 6.07) is -0.499. The molecule has 5 nitrogen and oxygen atoms in total. The van der Waals surface area contributed by atoms with Crippen LogP contribution in [-0.2, 0) is 11.3 Å². The molecule has 2 N–H and O–H groups in total. The molecule has 1 aromatic rings. The van der Waals surface area contributed by atoms with Crippen LogP contribution >= 0.6 is 45.2 Å². The van der Waals surface area contributed by atoms with Gasteiger partial charge in [0.05, 0.1) is 6.33 Å². The number of halogens is 2. The van der Waals surface area contributed by atoms with Gasteiger partial charge in [0.15, 0.2) is 0 Å². The minimum absolute atomic E-state index is 0.499. The lowest BCUT2D eigenvalue weighted by atomic mass is 10.2.